The van der Waals surface area contributed by atoms with Crippen LogP contribution < -0.4 is 5.32 Å². The Bertz CT molecular complexity index is 539. The van der Waals surface area contributed by atoms with Crippen molar-refractivity contribution >= 4 is 12.2 Å². The van der Waals surface area contributed by atoms with Gasteiger partial charge in [0.1, 0.15) is 12.2 Å². The van der Waals surface area contributed by atoms with E-state index >= 15 is 0 Å². The molecule has 0 aliphatic carbocycles. The normalized spacial score (nSPS) is 14.8. The molecule has 6 nitrogen and oxygen atoms in total. The van der Waals surface area contributed by atoms with Gasteiger partial charge in [-0.15, -0.1) is 0 Å². The number of nitrogens with one attached hydrogen (secondary N) is 1. The van der Waals surface area contributed by atoms with E-state index in [1.165, 1.54) is 0 Å². The molecule has 2 amide bonds. The van der Waals surface area contributed by atoms with E-state index in [4.69, 9.17) is 9.47 Å². The Morgan fingerprint density at radius 2 is 1.79 bits per heavy atom. The van der Waals surface area contributed by atoms with E-state index in [9.17, 15) is 9.59 Å². The largest absolute Gasteiger partial charge is 0.445 e. The molecule has 1 aliphatic heterocycles. The number of hydrogen-bond donors (Lipinski definition) is 1. The van der Waals surface area contributed by atoms with Crippen molar-refractivity contribution in [3.8, 4) is 0 Å². The molecular formula is C18H26N2O4. The quantitative estimate of drug-likeness (QED) is 0.897. The van der Waals surface area contributed by atoms with Crippen LogP contribution in [0.1, 0.15) is 38.7 Å². The van der Waals surface area contributed by atoms with Crippen LogP contribution in [0.25, 0.3) is 0 Å². The van der Waals surface area contributed by atoms with Crippen LogP contribution in [-0.2, 0) is 16.1 Å². The lowest BCUT2D eigenvalue weighted by Crippen LogP contribution is -2.46. The predicted octanol–water partition coefficient (Wildman–Crippen LogP) is 3.31. The average Bonchev–Trinajstić information content (AvgIpc) is 2.59. The number of amides is 2. The molecule has 1 saturated heterocycles. The molecule has 132 valence electrons. The van der Waals surface area contributed by atoms with E-state index in [1.54, 1.807) is 18.7 Å². The number of piperidine rings is 1. The highest BCUT2D eigenvalue weighted by Gasteiger charge is 2.27. The topological polar surface area (TPSA) is 67.9 Å². The molecule has 6 heteroatoms. The summed E-state index contributed by atoms with van der Waals surface area (Å²) in [6, 6.07) is 9.46. The molecule has 0 saturated carbocycles. The SMILES string of the molecule is CC(C)(CNC(=O)OCc1ccccc1)OC(=O)N1CCCCC1. The monoisotopic (exact) mass is 334 g/mol. The van der Waals surface area contributed by atoms with Crippen LogP contribution in [-0.4, -0.2) is 42.3 Å². The van der Waals surface area contributed by atoms with E-state index in [-0.39, 0.29) is 19.2 Å². The van der Waals surface area contributed by atoms with E-state index in [2.05, 4.69) is 5.32 Å². The number of hydrogen-bond acceptors (Lipinski definition) is 4. The minimum absolute atomic E-state index is 0.195. The first-order chi connectivity index (χ1) is 11.5. The number of nitrogens with zero attached hydrogens (tertiary/aromatic N) is 1. The first-order valence-electron chi connectivity index (χ1n) is 8.39. The second kappa shape index (κ2) is 8.57. The van der Waals surface area contributed by atoms with Crippen LogP contribution in [0, 0.1) is 0 Å². The molecule has 2 rings (SSSR count). The summed E-state index contributed by atoms with van der Waals surface area (Å²) < 4.78 is 10.7. The number of likely N-dealkylation sites (tertiary alicyclic amines) is 1. The van der Waals surface area contributed by atoms with Gasteiger partial charge in [-0.1, -0.05) is 30.3 Å². The highest BCUT2D eigenvalue weighted by Crippen LogP contribution is 2.15. The summed E-state index contributed by atoms with van der Waals surface area (Å²) in [5.41, 5.74) is 0.128. The molecule has 1 aromatic carbocycles. The average molecular weight is 334 g/mol. The molecule has 0 aromatic heterocycles. The molecule has 0 unspecified atom stereocenters. The summed E-state index contributed by atoms with van der Waals surface area (Å²) in [7, 11) is 0. The van der Waals surface area contributed by atoms with Crippen molar-refractivity contribution in [2.45, 2.75) is 45.3 Å². The number of rotatable bonds is 5. The van der Waals surface area contributed by atoms with Gasteiger partial charge in [-0.2, -0.15) is 0 Å². The van der Waals surface area contributed by atoms with E-state index in [0.717, 1.165) is 37.9 Å². The van der Waals surface area contributed by atoms with E-state index in [0.29, 0.717) is 0 Å². The first-order valence-corrected chi connectivity index (χ1v) is 8.39. The van der Waals surface area contributed by atoms with Gasteiger partial charge in [-0.05, 0) is 38.7 Å². The summed E-state index contributed by atoms with van der Waals surface area (Å²) in [6.07, 6.45) is 2.33. The second-order valence-corrected chi connectivity index (χ2v) is 6.59. The maximum atomic E-state index is 12.1. The lowest BCUT2D eigenvalue weighted by atomic mass is 10.1. The van der Waals surface area contributed by atoms with Crippen molar-refractivity contribution in [1.29, 1.82) is 0 Å². The molecular weight excluding hydrogens is 308 g/mol. The Morgan fingerprint density at radius 3 is 2.46 bits per heavy atom. The molecule has 0 spiro atoms. The maximum absolute atomic E-state index is 12.1. The van der Waals surface area contributed by atoms with Gasteiger partial charge in [-0.25, -0.2) is 9.59 Å². The Morgan fingerprint density at radius 1 is 1.12 bits per heavy atom. The van der Waals surface area contributed by atoms with Gasteiger partial charge in [0.15, 0.2) is 0 Å². The number of carbonyl (C=O) groups is 2. The lowest BCUT2D eigenvalue weighted by molar-refractivity contribution is 0.0103. The van der Waals surface area contributed by atoms with Crippen LogP contribution in [0.3, 0.4) is 0 Å². The van der Waals surface area contributed by atoms with Crippen molar-refractivity contribution in [3.05, 3.63) is 35.9 Å². The summed E-state index contributed by atoms with van der Waals surface area (Å²) in [5, 5.41) is 2.64. The molecule has 0 radical (unpaired) electrons. The maximum Gasteiger partial charge on any atom is 0.410 e. The summed E-state index contributed by atoms with van der Waals surface area (Å²) in [4.78, 5) is 25.6. The van der Waals surface area contributed by atoms with E-state index < -0.39 is 11.7 Å². The van der Waals surface area contributed by atoms with Crippen molar-refractivity contribution in [3.63, 3.8) is 0 Å². The summed E-state index contributed by atoms with van der Waals surface area (Å²) in [6.45, 7) is 5.42. The highest BCUT2D eigenvalue weighted by molar-refractivity contribution is 5.69. The van der Waals surface area contributed by atoms with Crippen LogP contribution in [0.4, 0.5) is 9.59 Å². The Labute approximate surface area is 143 Å². The number of carbonyl (C=O) groups excluding carboxylic acids is 2. The summed E-state index contributed by atoms with van der Waals surface area (Å²) >= 11 is 0. The zero-order valence-electron chi connectivity index (χ0n) is 14.4. The number of benzene rings is 1. The van der Waals surface area contributed by atoms with Crippen molar-refractivity contribution in [1.82, 2.24) is 10.2 Å². The van der Waals surface area contributed by atoms with Gasteiger partial charge in [-0.3, -0.25) is 0 Å². The highest BCUT2D eigenvalue weighted by atomic mass is 16.6. The molecule has 0 atom stereocenters. The van der Waals surface area contributed by atoms with Crippen LogP contribution >= 0.6 is 0 Å². The smallest absolute Gasteiger partial charge is 0.410 e. The van der Waals surface area contributed by atoms with Crippen LogP contribution in [0.15, 0.2) is 30.3 Å². The fourth-order valence-electron chi connectivity index (χ4n) is 2.47. The van der Waals surface area contributed by atoms with Crippen LogP contribution in [0.5, 0.6) is 0 Å². The Kier molecular flexibility index (Phi) is 6.46. The van der Waals surface area contributed by atoms with Gasteiger partial charge in [0.25, 0.3) is 0 Å². The zero-order chi connectivity index (χ0) is 17.4. The molecule has 1 N–H and O–H groups in total. The van der Waals surface area contributed by atoms with Gasteiger partial charge in [0.05, 0.1) is 6.54 Å². The van der Waals surface area contributed by atoms with Gasteiger partial charge in [0, 0.05) is 13.1 Å². The van der Waals surface area contributed by atoms with Crippen molar-refractivity contribution in [2.75, 3.05) is 19.6 Å². The minimum atomic E-state index is -0.791. The van der Waals surface area contributed by atoms with Gasteiger partial charge in [0.2, 0.25) is 0 Å². The lowest BCUT2D eigenvalue weighted by Gasteiger charge is -2.31. The minimum Gasteiger partial charge on any atom is -0.445 e. The van der Waals surface area contributed by atoms with E-state index in [1.807, 2.05) is 30.3 Å². The van der Waals surface area contributed by atoms with Crippen molar-refractivity contribution in [2.24, 2.45) is 0 Å². The Hall–Kier alpha value is -2.24. The zero-order valence-corrected chi connectivity index (χ0v) is 14.4. The number of alkyl carbamates (subject to hydrolysis) is 1. The number of ether oxygens (including phenoxy) is 2. The predicted molar refractivity (Wildman–Crippen MR) is 90.6 cm³/mol. The molecule has 1 fully saturated rings. The van der Waals surface area contributed by atoms with Gasteiger partial charge >= 0.3 is 12.2 Å². The fourth-order valence-corrected chi connectivity index (χ4v) is 2.47. The Balaban J connectivity index is 1.70. The molecule has 1 aromatic rings. The third-order valence-electron chi connectivity index (χ3n) is 3.85. The molecule has 24 heavy (non-hydrogen) atoms. The first kappa shape index (κ1) is 18.1. The molecule has 0 bridgehead atoms. The van der Waals surface area contributed by atoms with Crippen LogP contribution in [0.2, 0.25) is 0 Å². The van der Waals surface area contributed by atoms with Gasteiger partial charge < -0.3 is 19.7 Å². The fraction of sp³-hybridized carbons (Fsp3) is 0.556. The second-order valence-electron chi connectivity index (χ2n) is 6.59. The summed E-state index contributed by atoms with van der Waals surface area (Å²) in [5.74, 6) is 0. The standard InChI is InChI=1S/C18H26N2O4/c1-18(2,24-17(22)20-11-7-4-8-12-20)14-19-16(21)23-13-15-9-5-3-6-10-15/h3,5-6,9-10H,4,7-8,11-14H2,1-2H3,(H,19,21). The molecule has 1 aliphatic rings. The third kappa shape index (κ3) is 6.10. The third-order valence-corrected chi connectivity index (χ3v) is 3.85. The van der Waals surface area contributed by atoms with Crippen molar-refractivity contribution < 1.29 is 19.1 Å². The molecule has 1 heterocycles.